The van der Waals surface area contributed by atoms with Crippen molar-refractivity contribution in [2.45, 2.75) is 49.9 Å². The molecule has 0 saturated heterocycles. The number of hydrogen-bond acceptors (Lipinski definition) is 5. The molecule has 0 spiro atoms. The maximum absolute atomic E-state index is 12.0. The molecular formula is C15H24N4O2S. The first-order chi connectivity index (χ1) is 10.4. The lowest BCUT2D eigenvalue weighted by atomic mass is 9.88. The number of aromatic nitrogens is 3. The normalized spacial score (nSPS) is 12.7. The van der Waals surface area contributed by atoms with Crippen LogP contribution in [0.4, 0.5) is 0 Å². The summed E-state index contributed by atoms with van der Waals surface area (Å²) >= 11 is 1.26. The predicted octanol–water partition coefficient (Wildman–Crippen LogP) is 1.85. The first kappa shape index (κ1) is 18.4. The summed E-state index contributed by atoms with van der Waals surface area (Å²) in [6, 6.07) is -0.407. The third-order valence-electron chi connectivity index (χ3n) is 3.36. The molecule has 3 N–H and O–H groups in total. The number of thioether (sulfide) groups is 1. The van der Waals surface area contributed by atoms with Gasteiger partial charge in [-0.15, -0.1) is 18.3 Å². The summed E-state index contributed by atoms with van der Waals surface area (Å²) in [5.41, 5.74) is -1.07. The van der Waals surface area contributed by atoms with E-state index in [1.165, 1.54) is 11.8 Å². The summed E-state index contributed by atoms with van der Waals surface area (Å²) in [4.78, 5) is 16.2. The molecule has 1 aromatic rings. The number of hydrogen-bond donors (Lipinski definition) is 3. The Hall–Kier alpha value is -1.60. The predicted molar refractivity (Wildman–Crippen MR) is 88.7 cm³/mol. The molecule has 0 radical (unpaired) electrons. The van der Waals surface area contributed by atoms with E-state index in [-0.39, 0.29) is 11.7 Å². The summed E-state index contributed by atoms with van der Waals surface area (Å²) < 4.78 is 0. The van der Waals surface area contributed by atoms with Crippen LogP contribution < -0.4 is 5.32 Å². The Morgan fingerprint density at radius 3 is 2.64 bits per heavy atom. The zero-order chi connectivity index (χ0) is 16.6. The first-order valence-electron chi connectivity index (χ1n) is 7.22. The van der Waals surface area contributed by atoms with Gasteiger partial charge >= 0.3 is 0 Å². The standard InChI is InChI=1S/C15H24N4O2S/c1-5-8-15(21,9-6-2)11(4)16-13(20)10-22-14-17-12(7-3)18-19-14/h5-6,11,21H,1-2,7-10H2,3-4H3,(H,16,20)(H,17,18,19)/t11-/m0/s1. The Labute approximate surface area is 135 Å². The quantitative estimate of drug-likeness (QED) is 0.451. The fourth-order valence-electron chi connectivity index (χ4n) is 1.98. The van der Waals surface area contributed by atoms with Crippen molar-refractivity contribution in [2.75, 3.05) is 5.75 Å². The smallest absolute Gasteiger partial charge is 0.230 e. The molecule has 6 nitrogen and oxygen atoms in total. The van der Waals surface area contributed by atoms with Gasteiger partial charge < -0.3 is 10.4 Å². The second-order valence-corrected chi connectivity index (χ2v) is 6.03. The van der Waals surface area contributed by atoms with Gasteiger partial charge in [0.05, 0.1) is 17.4 Å². The minimum atomic E-state index is -1.07. The van der Waals surface area contributed by atoms with E-state index in [2.05, 4.69) is 33.7 Å². The highest BCUT2D eigenvalue weighted by Crippen LogP contribution is 2.21. The van der Waals surface area contributed by atoms with Crippen LogP contribution in [0.15, 0.2) is 30.5 Å². The van der Waals surface area contributed by atoms with Crippen LogP contribution in [-0.4, -0.2) is 43.6 Å². The third kappa shape index (κ3) is 5.31. The molecule has 1 amide bonds. The first-order valence-corrected chi connectivity index (χ1v) is 8.21. The third-order valence-corrected chi connectivity index (χ3v) is 4.20. The van der Waals surface area contributed by atoms with Crippen molar-refractivity contribution < 1.29 is 9.90 Å². The lowest BCUT2D eigenvalue weighted by molar-refractivity contribution is -0.121. The topological polar surface area (TPSA) is 90.9 Å². The average molecular weight is 324 g/mol. The molecule has 0 unspecified atom stereocenters. The number of amides is 1. The zero-order valence-electron chi connectivity index (χ0n) is 13.1. The van der Waals surface area contributed by atoms with E-state index < -0.39 is 11.6 Å². The summed E-state index contributed by atoms with van der Waals surface area (Å²) in [5.74, 6) is 0.818. The number of nitrogens with zero attached hydrogens (tertiary/aromatic N) is 2. The molecule has 0 aliphatic carbocycles. The lowest BCUT2D eigenvalue weighted by Gasteiger charge is -2.33. The molecule has 122 valence electrons. The molecule has 0 aliphatic rings. The lowest BCUT2D eigenvalue weighted by Crippen LogP contribution is -2.51. The Bertz CT molecular complexity index is 505. The molecule has 0 bridgehead atoms. The number of aliphatic hydroxyl groups is 1. The van der Waals surface area contributed by atoms with Gasteiger partial charge in [-0.05, 0) is 19.8 Å². The minimum absolute atomic E-state index is 0.174. The van der Waals surface area contributed by atoms with Gasteiger partial charge in [-0.25, -0.2) is 4.98 Å². The van der Waals surface area contributed by atoms with Gasteiger partial charge in [-0.1, -0.05) is 30.8 Å². The molecule has 22 heavy (non-hydrogen) atoms. The van der Waals surface area contributed by atoms with Crippen molar-refractivity contribution in [1.29, 1.82) is 0 Å². The minimum Gasteiger partial charge on any atom is -0.387 e. The second kappa shape index (κ2) is 8.75. The van der Waals surface area contributed by atoms with Crippen molar-refractivity contribution in [3.05, 3.63) is 31.1 Å². The zero-order valence-corrected chi connectivity index (χ0v) is 13.9. The largest absolute Gasteiger partial charge is 0.387 e. The van der Waals surface area contributed by atoms with Crippen LogP contribution in [-0.2, 0) is 11.2 Å². The van der Waals surface area contributed by atoms with E-state index in [9.17, 15) is 9.90 Å². The number of H-pyrrole nitrogens is 1. The van der Waals surface area contributed by atoms with E-state index in [0.29, 0.717) is 18.0 Å². The van der Waals surface area contributed by atoms with Crippen LogP contribution >= 0.6 is 11.8 Å². The van der Waals surface area contributed by atoms with Gasteiger partial charge in [0.2, 0.25) is 11.1 Å². The van der Waals surface area contributed by atoms with E-state index in [1.807, 2.05) is 6.92 Å². The van der Waals surface area contributed by atoms with Crippen molar-refractivity contribution >= 4 is 17.7 Å². The van der Waals surface area contributed by atoms with Crippen LogP contribution in [0.2, 0.25) is 0 Å². The van der Waals surface area contributed by atoms with Gasteiger partial charge in [-0.3, -0.25) is 9.89 Å². The Balaban J connectivity index is 2.51. The molecule has 1 heterocycles. The molecule has 1 atom stereocenters. The fourth-order valence-corrected chi connectivity index (χ4v) is 2.61. The van der Waals surface area contributed by atoms with E-state index in [4.69, 9.17) is 0 Å². The fraction of sp³-hybridized carbons (Fsp3) is 0.533. The van der Waals surface area contributed by atoms with Crippen molar-refractivity contribution in [3.8, 4) is 0 Å². The molecule has 1 rings (SSSR count). The van der Waals surface area contributed by atoms with Crippen molar-refractivity contribution in [3.63, 3.8) is 0 Å². The number of aromatic amines is 1. The Kier molecular flexibility index (Phi) is 7.34. The Morgan fingerprint density at radius 1 is 1.50 bits per heavy atom. The van der Waals surface area contributed by atoms with Crippen LogP contribution in [0.3, 0.4) is 0 Å². The van der Waals surface area contributed by atoms with Gasteiger partial charge in [0.25, 0.3) is 0 Å². The van der Waals surface area contributed by atoms with Crippen LogP contribution in [0, 0.1) is 0 Å². The average Bonchev–Trinajstić information content (AvgIpc) is 2.93. The van der Waals surface area contributed by atoms with E-state index >= 15 is 0 Å². The Morgan fingerprint density at radius 2 is 2.14 bits per heavy atom. The molecule has 0 saturated carbocycles. The van der Waals surface area contributed by atoms with Gasteiger partial charge in [0, 0.05) is 6.42 Å². The monoisotopic (exact) mass is 324 g/mol. The summed E-state index contributed by atoms with van der Waals surface area (Å²) in [6.45, 7) is 11.0. The molecule has 0 aromatic carbocycles. The number of carbonyl (C=O) groups excluding carboxylic acids is 1. The summed E-state index contributed by atoms with van der Waals surface area (Å²) in [7, 11) is 0. The second-order valence-electron chi connectivity index (χ2n) is 5.09. The van der Waals surface area contributed by atoms with E-state index in [0.717, 1.165) is 12.2 Å². The van der Waals surface area contributed by atoms with Gasteiger partial charge in [0.15, 0.2) is 0 Å². The maximum Gasteiger partial charge on any atom is 0.230 e. The number of rotatable bonds is 10. The van der Waals surface area contributed by atoms with Crippen LogP contribution in [0.5, 0.6) is 0 Å². The van der Waals surface area contributed by atoms with Crippen LogP contribution in [0.25, 0.3) is 0 Å². The number of nitrogens with one attached hydrogen (secondary N) is 2. The summed E-state index contributed by atoms with van der Waals surface area (Å²) in [5, 5.41) is 20.7. The van der Waals surface area contributed by atoms with Crippen LogP contribution in [0.1, 0.15) is 32.5 Å². The SMILES string of the molecule is C=CCC(O)(CC=C)[C@H](C)NC(=O)CSc1n[nH]c(CC)n1. The molecule has 1 aromatic heterocycles. The van der Waals surface area contributed by atoms with Gasteiger partial charge in [-0.2, -0.15) is 0 Å². The highest BCUT2D eigenvalue weighted by molar-refractivity contribution is 7.99. The highest BCUT2D eigenvalue weighted by atomic mass is 32.2. The summed E-state index contributed by atoms with van der Waals surface area (Å²) in [6.07, 6.45) is 4.82. The van der Waals surface area contributed by atoms with Crippen molar-refractivity contribution in [2.24, 2.45) is 0 Å². The molecule has 0 aliphatic heterocycles. The number of carbonyl (C=O) groups is 1. The van der Waals surface area contributed by atoms with Crippen molar-refractivity contribution in [1.82, 2.24) is 20.5 Å². The maximum atomic E-state index is 12.0. The molecule has 7 heteroatoms. The number of aryl methyl sites for hydroxylation is 1. The van der Waals surface area contributed by atoms with Gasteiger partial charge in [0.1, 0.15) is 5.82 Å². The van der Waals surface area contributed by atoms with E-state index in [1.54, 1.807) is 19.1 Å². The molecular weight excluding hydrogens is 300 g/mol. The molecule has 0 fully saturated rings. The highest BCUT2D eigenvalue weighted by Gasteiger charge is 2.32.